The van der Waals surface area contributed by atoms with Gasteiger partial charge in [-0.05, 0) is 38.1 Å². The van der Waals surface area contributed by atoms with Crippen LogP contribution in [-0.4, -0.2) is 18.3 Å². The standard InChI is InChI=1S/C17H19NO3S/c1-3-21-15-7-5-4-6-13(15)18-17(20)11-9-14(19)16-10-8-12(2)22-16/h4-8,10H,3,9,11H2,1-2H3,(H,18,20). The molecule has 22 heavy (non-hydrogen) atoms. The average molecular weight is 317 g/mol. The van der Waals surface area contributed by atoms with Gasteiger partial charge in [0.1, 0.15) is 5.75 Å². The number of carbonyl (C=O) groups is 2. The molecule has 0 atom stereocenters. The number of anilines is 1. The molecule has 0 aliphatic rings. The van der Waals surface area contributed by atoms with E-state index >= 15 is 0 Å². The average Bonchev–Trinajstić information content (AvgIpc) is 2.94. The van der Waals surface area contributed by atoms with E-state index in [4.69, 9.17) is 4.74 Å². The molecule has 5 heteroatoms. The maximum absolute atomic E-state index is 12.0. The number of aryl methyl sites for hydroxylation is 1. The van der Waals surface area contributed by atoms with E-state index in [1.54, 1.807) is 12.1 Å². The summed E-state index contributed by atoms with van der Waals surface area (Å²) in [6.45, 7) is 4.38. The molecule has 1 N–H and O–H groups in total. The van der Waals surface area contributed by atoms with Crippen molar-refractivity contribution in [1.29, 1.82) is 0 Å². The summed E-state index contributed by atoms with van der Waals surface area (Å²) < 4.78 is 5.46. The van der Waals surface area contributed by atoms with E-state index in [1.165, 1.54) is 11.3 Å². The first kappa shape index (κ1) is 16.2. The van der Waals surface area contributed by atoms with Crippen molar-refractivity contribution >= 4 is 28.7 Å². The second-order valence-corrected chi connectivity index (χ2v) is 6.10. The third kappa shape index (κ3) is 4.43. The van der Waals surface area contributed by atoms with E-state index in [2.05, 4.69) is 5.32 Å². The summed E-state index contributed by atoms with van der Waals surface area (Å²) in [5, 5.41) is 2.79. The summed E-state index contributed by atoms with van der Waals surface area (Å²) in [5.74, 6) is 0.457. The van der Waals surface area contributed by atoms with Crippen LogP contribution in [0.4, 0.5) is 5.69 Å². The molecule has 116 valence electrons. The summed E-state index contributed by atoms with van der Waals surface area (Å²) in [5.41, 5.74) is 0.633. The number of rotatable bonds is 7. The molecule has 1 aromatic carbocycles. The zero-order chi connectivity index (χ0) is 15.9. The number of hydrogen-bond acceptors (Lipinski definition) is 4. The van der Waals surface area contributed by atoms with E-state index in [9.17, 15) is 9.59 Å². The molecule has 1 aromatic heterocycles. The number of para-hydroxylation sites is 2. The van der Waals surface area contributed by atoms with Crippen molar-refractivity contribution in [3.8, 4) is 5.75 Å². The molecule has 1 heterocycles. The lowest BCUT2D eigenvalue weighted by molar-refractivity contribution is -0.116. The number of carbonyl (C=O) groups excluding carboxylic acids is 2. The van der Waals surface area contributed by atoms with E-state index in [1.807, 2.05) is 38.1 Å². The maximum atomic E-state index is 12.0. The Labute approximate surface area is 134 Å². The van der Waals surface area contributed by atoms with Gasteiger partial charge >= 0.3 is 0 Å². The van der Waals surface area contributed by atoms with Gasteiger partial charge in [0.15, 0.2) is 5.78 Å². The van der Waals surface area contributed by atoms with Gasteiger partial charge in [-0.1, -0.05) is 12.1 Å². The molecule has 1 amide bonds. The molecule has 0 bridgehead atoms. The molecule has 0 saturated carbocycles. The van der Waals surface area contributed by atoms with Crippen LogP contribution in [0.3, 0.4) is 0 Å². The highest BCUT2D eigenvalue weighted by Gasteiger charge is 2.12. The van der Waals surface area contributed by atoms with Gasteiger partial charge < -0.3 is 10.1 Å². The van der Waals surface area contributed by atoms with Crippen LogP contribution in [0.25, 0.3) is 0 Å². The Morgan fingerprint density at radius 1 is 1.14 bits per heavy atom. The van der Waals surface area contributed by atoms with Gasteiger partial charge in [0.05, 0.1) is 17.2 Å². The third-order valence-corrected chi connectivity index (χ3v) is 4.10. The number of Topliss-reactive ketones (excluding diaryl/α,β-unsaturated/α-hetero) is 1. The van der Waals surface area contributed by atoms with Crippen molar-refractivity contribution in [2.45, 2.75) is 26.7 Å². The van der Waals surface area contributed by atoms with Gasteiger partial charge in [0.2, 0.25) is 5.91 Å². The second kappa shape index (κ2) is 7.75. The molecule has 0 spiro atoms. The summed E-state index contributed by atoms with van der Waals surface area (Å²) in [6.07, 6.45) is 0.374. The van der Waals surface area contributed by atoms with Crippen molar-refractivity contribution in [3.05, 3.63) is 46.2 Å². The minimum atomic E-state index is -0.186. The minimum absolute atomic E-state index is 0.00587. The molecule has 2 aromatic rings. The van der Waals surface area contributed by atoms with Gasteiger partial charge in [-0.25, -0.2) is 0 Å². The van der Waals surface area contributed by atoms with Crippen LogP contribution < -0.4 is 10.1 Å². The number of thiophene rings is 1. The minimum Gasteiger partial charge on any atom is -0.492 e. The molecule has 2 rings (SSSR count). The van der Waals surface area contributed by atoms with Crippen LogP contribution in [0.1, 0.15) is 34.3 Å². The number of ketones is 1. The van der Waals surface area contributed by atoms with E-state index in [0.717, 1.165) is 4.88 Å². The predicted octanol–water partition coefficient (Wildman–Crippen LogP) is 4.06. The SMILES string of the molecule is CCOc1ccccc1NC(=O)CCC(=O)c1ccc(C)s1. The first-order chi connectivity index (χ1) is 10.6. The number of amides is 1. The molecule has 0 fully saturated rings. The Kier molecular flexibility index (Phi) is 5.72. The fraction of sp³-hybridized carbons (Fsp3) is 0.294. The second-order valence-electron chi connectivity index (χ2n) is 4.81. The van der Waals surface area contributed by atoms with Crippen molar-refractivity contribution in [1.82, 2.24) is 0 Å². The summed E-state index contributed by atoms with van der Waals surface area (Å²) >= 11 is 1.46. The number of benzene rings is 1. The number of nitrogens with one attached hydrogen (secondary N) is 1. The quantitative estimate of drug-likeness (QED) is 0.784. The Hall–Kier alpha value is -2.14. The van der Waals surface area contributed by atoms with Crippen LogP contribution in [0, 0.1) is 6.92 Å². The molecule has 0 radical (unpaired) electrons. The van der Waals surface area contributed by atoms with Crippen LogP contribution in [0.15, 0.2) is 36.4 Å². The van der Waals surface area contributed by atoms with Crippen molar-refractivity contribution in [2.75, 3.05) is 11.9 Å². The molecule has 0 aliphatic carbocycles. The highest BCUT2D eigenvalue weighted by molar-refractivity contribution is 7.14. The zero-order valence-corrected chi connectivity index (χ0v) is 13.5. The largest absolute Gasteiger partial charge is 0.492 e. The lowest BCUT2D eigenvalue weighted by Crippen LogP contribution is -2.14. The molecule has 0 unspecified atom stereocenters. The smallest absolute Gasteiger partial charge is 0.224 e. The summed E-state index contributed by atoms with van der Waals surface area (Å²) in [6, 6.07) is 11.0. The summed E-state index contributed by atoms with van der Waals surface area (Å²) in [7, 11) is 0. The predicted molar refractivity (Wildman–Crippen MR) is 88.9 cm³/mol. The van der Waals surface area contributed by atoms with Gasteiger partial charge in [-0.15, -0.1) is 11.3 Å². The lowest BCUT2D eigenvalue weighted by atomic mass is 10.2. The summed E-state index contributed by atoms with van der Waals surface area (Å²) in [4.78, 5) is 25.8. The zero-order valence-electron chi connectivity index (χ0n) is 12.7. The first-order valence-corrected chi connectivity index (χ1v) is 8.03. The monoisotopic (exact) mass is 317 g/mol. The van der Waals surface area contributed by atoms with Gasteiger partial charge in [-0.3, -0.25) is 9.59 Å². The molecule has 4 nitrogen and oxygen atoms in total. The van der Waals surface area contributed by atoms with Gasteiger partial charge in [0.25, 0.3) is 0 Å². The van der Waals surface area contributed by atoms with E-state index in [-0.39, 0.29) is 24.5 Å². The van der Waals surface area contributed by atoms with Gasteiger partial charge in [-0.2, -0.15) is 0 Å². The molecular formula is C17H19NO3S. The van der Waals surface area contributed by atoms with E-state index < -0.39 is 0 Å². The fourth-order valence-electron chi connectivity index (χ4n) is 2.00. The number of hydrogen-bond donors (Lipinski definition) is 1. The number of ether oxygens (including phenoxy) is 1. The van der Waals surface area contributed by atoms with Crippen LogP contribution >= 0.6 is 11.3 Å². The topological polar surface area (TPSA) is 55.4 Å². The van der Waals surface area contributed by atoms with Crippen molar-refractivity contribution < 1.29 is 14.3 Å². The Morgan fingerprint density at radius 3 is 2.59 bits per heavy atom. The van der Waals surface area contributed by atoms with Crippen LogP contribution in [-0.2, 0) is 4.79 Å². The van der Waals surface area contributed by atoms with Crippen LogP contribution in [0.2, 0.25) is 0 Å². The third-order valence-electron chi connectivity index (χ3n) is 3.06. The normalized spacial score (nSPS) is 10.3. The Balaban J connectivity index is 1.89. The van der Waals surface area contributed by atoms with Crippen molar-refractivity contribution in [3.63, 3.8) is 0 Å². The lowest BCUT2D eigenvalue weighted by Gasteiger charge is -2.10. The maximum Gasteiger partial charge on any atom is 0.224 e. The van der Waals surface area contributed by atoms with Gasteiger partial charge in [0, 0.05) is 17.7 Å². The molecular weight excluding hydrogens is 298 g/mol. The van der Waals surface area contributed by atoms with E-state index in [0.29, 0.717) is 22.9 Å². The highest BCUT2D eigenvalue weighted by atomic mass is 32.1. The first-order valence-electron chi connectivity index (χ1n) is 7.21. The van der Waals surface area contributed by atoms with Crippen LogP contribution in [0.5, 0.6) is 5.75 Å². The molecule has 0 aliphatic heterocycles. The fourth-order valence-corrected chi connectivity index (χ4v) is 2.83. The Bertz CT molecular complexity index is 663. The Morgan fingerprint density at radius 2 is 1.91 bits per heavy atom. The highest BCUT2D eigenvalue weighted by Crippen LogP contribution is 2.24. The molecule has 0 saturated heterocycles. The van der Waals surface area contributed by atoms with Crippen molar-refractivity contribution in [2.24, 2.45) is 0 Å².